The highest BCUT2D eigenvalue weighted by molar-refractivity contribution is 5.84. The number of aromatic nitrogens is 1. The number of pyridine rings is 1. The smallest absolute Gasteiger partial charge is 0.263 e. The van der Waals surface area contributed by atoms with Crippen LogP contribution in [0.15, 0.2) is 24.3 Å². The van der Waals surface area contributed by atoms with E-state index in [9.17, 15) is 4.79 Å². The minimum absolute atomic E-state index is 0.00346. The number of fused-ring (bicyclic) bond motifs is 2. The molecule has 5 heteroatoms. The number of benzene rings is 1. The van der Waals surface area contributed by atoms with Gasteiger partial charge in [0.15, 0.2) is 6.10 Å². The molecule has 4 rings (SSSR count). The van der Waals surface area contributed by atoms with Gasteiger partial charge in [0.2, 0.25) is 5.88 Å². The molecule has 5 nitrogen and oxygen atoms in total. The summed E-state index contributed by atoms with van der Waals surface area (Å²) in [7, 11) is 0. The lowest BCUT2D eigenvalue weighted by molar-refractivity contribution is -0.139. The highest BCUT2D eigenvalue weighted by atomic mass is 16.5. The standard InChI is InChI=1S/C19H22N2O3/c1-12-5-6-17-14(8-12)9-15-10-21(11-16-4-3-7-23-16)19(22)13(2)24-18(15)20-17/h5-6,8-9,13,16H,3-4,7,10-11H2,1-2H3. The van der Waals surface area contributed by atoms with Crippen LogP contribution in [0.25, 0.3) is 10.9 Å². The Labute approximate surface area is 141 Å². The van der Waals surface area contributed by atoms with Crippen LogP contribution < -0.4 is 4.74 Å². The van der Waals surface area contributed by atoms with Crippen molar-refractivity contribution < 1.29 is 14.3 Å². The van der Waals surface area contributed by atoms with Crippen molar-refractivity contribution in [1.29, 1.82) is 0 Å². The fraction of sp³-hybridized carbons (Fsp3) is 0.474. The Balaban J connectivity index is 1.69. The Bertz CT molecular complexity index is 784. The lowest BCUT2D eigenvalue weighted by Crippen LogP contribution is -2.41. The molecule has 126 valence electrons. The van der Waals surface area contributed by atoms with Gasteiger partial charge in [-0.25, -0.2) is 4.98 Å². The molecule has 2 unspecified atom stereocenters. The molecule has 1 amide bonds. The molecule has 1 saturated heterocycles. The van der Waals surface area contributed by atoms with Crippen molar-refractivity contribution in [2.24, 2.45) is 0 Å². The lowest BCUT2D eigenvalue weighted by Gasteiger charge is -2.24. The molecule has 1 aromatic carbocycles. The quantitative estimate of drug-likeness (QED) is 0.851. The Kier molecular flexibility index (Phi) is 3.88. The maximum absolute atomic E-state index is 12.7. The van der Waals surface area contributed by atoms with Crippen molar-refractivity contribution in [3.8, 4) is 5.88 Å². The normalized spacial score (nSPS) is 23.9. The van der Waals surface area contributed by atoms with Gasteiger partial charge in [0.05, 0.1) is 18.2 Å². The van der Waals surface area contributed by atoms with Crippen LogP contribution in [0.4, 0.5) is 0 Å². The van der Waals surface area contributed by atoms with E-state index in [2.05, 4.69) is 24.0 Å². The molecular formula is C19H22N2O3. The number of carbonyl (C=O) groups excluding carboxylic acids is 1. The van der Waals surface area contributed by atoms with Crippen molar-refractivity contribution >= 4 is 16.8 Å². The molecule has 0 spiro atoms. The van der Waals surface area contributed by atoms with Gasteiger partial charge >= 0.3 is 0 Å². The molecule has 0 N–H and O–H groups in total. The topological polar surface area (TPSA) is 51.7 Å². The predicted octanol–water partition coefficient (Wildman–Crippen LogP) is 2.83. The van der Waals surface area contributed by atoms with Crippen LogP contribution in [-0.2, 0) is 16.1 Å². The summed E-state index contributed by atoms with van der Waals surface area (Å²) in [5.41, 5.74) is 3.05. The molecule has 0 aliphatic carbocycles. The van der Waals surface area contributed by atoms with E-state index in [-0.39, 0.29) is 12.0 Å². The molecular weight excluding hydrogens is 304 g/mol. The number of carbonyl (C=O) groups is 1. The Morgan fingerprint density at radius 1 is 1.33 bits per heavy atom. The number of hydrogen-bond acceptors (Lipinski definition) is 4. The average Bonchev–Trinajstić information content (AvgIpc) is 3.03. The minimum atomic E-state index is -0.525. The van der Waals surface area contributed by atoms with Gasteiger partial charge < -0.3 is 14.4 Å². The number of rotatable bonds is 2. The van der Waals surface area contributed by atoms with Crippen LogP contribution in [0, 0.1) is 6.92 Å². The van der Waals surface area contributed by atoms with Gasteiger partial charge in [-0.1, -0.05) is 11.6 Å². The van der Waals surface area contributed by atoms with E-state index in [0.29, 0.717) is 19.0 Å². The maximum Gasteiger partial charge on any atom is 0.263 e. The van der Waals surface area contributed by atoms with E-state index in [1.807, 2.05) is 17.0 Å². The summed E-state index contributed by atoms with van der Waals surface area (Å²) in [5.74, 6) is 0.575. The molecule has 1 fully saturated rings. The zero-order valence-corrected chi connectivity index (χ0v) is 14.1. The second-order valence-corrected chi connectivity index (χ2v) is 6.76. The number of nitrogens with zero attached hydrogens (tertiary/aromatic N) is 2. The molecule has 0 bridgehead atoms. The van der Waals surface area contributed by atoms with Crippen LogP contribution in [0.3, 0.4) is 0 Å². The van der Waals surface area contributed by atoms with Crippen molar-refractivity contribution in [2.45, 2.75) is 45.4 Å². The summed E-state index contributed by atoms with van der Waals surface area (Å²) in [6.07, 6.45) is 1.70. The van der Waals surface area contributed by atoms with Crippen LogP contribution in [0.1, 0.15) is 30.9 Å². The average molecular weight is 326 g/mol. The van der Waals surface area contributed by atoms with Crippen LogP contribution in [0.2, 0.25) is 0 Å². The number of hydrogen-bond donors (Lipinski definition) is 0. The summed E-state index contributed by atoms with van der Waals surface area (Å²) in [6, 6.07) is 8.24. The van der Waals surface area contributed by atoms with Crippen molar-refractivity contribution in [2.75, 3.05) is 13.2 Å². The van der Waals surface area contributed by atoms with Crippen LogP contribution >= 0.6 is 0 Å². The van der Waals surface area contributed by atoms with Gasteiger partial charge in [-0.05, 0) is 44.9 Å². The Hall–Kier alpha value is -2.14. The molecule has 2 aromatic rings. The molecule has 24 heavy (non-hydrogen) atoms. The minimum Gasteiger partial charge on any atom is -0.464 e. The third-order valence-corrected chi connectivity index (χ3v) is 4.77. The van der Waals surface area contributed by atoms with Gasteiger partial charge in [-0.2, -0.15) is 0 Å². The number of aryl methyl sites for hydroxylation is 1. The van der Waals surface area contributed by atoms with E-state index in [4.69, 9.17) is 9.47 Å². The van der Waals surface area contributed by atoms with Gasteiger partial charge in [-0.15, -0.1) is 0 Å². The maximum atomic E-state index is 12.7. The summed E-state index contributed by atoms with van der Waals surface area (Å²) in [5, 5.41) is 1.08. The highest BCUT2D eigenvalue weighted by Crippen LogP contribution is 2.29. The fourth-order valence-corrected chi connectivity index (χ4v) is 3.48. The third kappa shape index (κ3) is 2.84. The zero-order valence-electron chi connectivity index (χ0n) is 14.1. The number of ether oxygens (including phenoxy) is 2. The van der Waals surface area contributed by atoms with E-state index in [1.165, 1.54) is 5.56 Å². The molecule has 2 atom stereocenters. The zero-order chi connectivity index (χ0) is 16.7. The first kappa shape index (κ1) is 15.4. The molecule has 2 aliphatic heterocycles. The van der Waals surface area contributed by atoms with Crippen molar-refractivity contribution in [1.82, 2.24) is 9.88 Å². The van der Waals surface area contributed by atoms with Gasteiger partial charge in [0, 0.05) is 24.1 Å². The monoisotopic (exact) mass is 326 g/mol. The first-order valence-electron chi connectivity index (χ1n) is 8.57. The third-order valence-electron chi connectivity index (χ3n) is 4.77. The van der Waals surface area contributed by atoms with Gasteiger partial charge in [-0.3, -0.25) is 4.79 Å². The van der Waals surface area contributed by atoms with E-state index in [1.54, 1.807) is 6.92 Å². The molecule has 0 radical (unpaired) electrons. The van der Waals surface area contributed by atoms with Crippen LogP contribution in [0.5, 0.6) is 5.88 Å². The van der Waals surface area contributed by atoms with Crippen molar-refractivity contribution in [3.63, 3.8) is 0 Å². The fourth-order valence-electron chi connectivity index (χ4n) is 3.48. The summed E-state index contributed by atoms with van der Waals surface area (Å²) in [6.45, 7) is 5.80. The molecule has 1 aromatic heterocycles. The Morgan fingerprint density at radius 2 is 2.21 bits per heavy atom. The molecule has 2 aliphatic rings. The van der Waals surface area contributed by atoms with E-state index in [0.717, 1.165) is 35.9 Å². The van der Waals surface area contributed by atoms with E-state index < -0.39 is 6.10 Å². The number of amides is 1. The predicted molar refractivity (Wildman–Crippen MR) is 91.0 cm³/mol. The first-order valence-corrected chi connectivity index (χ1v) is 8.57. The summed E-state index contributed by atoms with van der Waals surface area (Å²) in [4.78, 5) is 19.2. The largest absolute Gasteiger partial charge is 0.464 e. The van der Waals surface area contributed by atoms with Crippen molar-refractivity contribution in [3.05, 3.63) is 35.4 Å². The second-order valence-electron chi connectivity index (χ2n) is 6.76. The molecule has 3 heterocycles. The van der Waals surface area contributed by atoms with E-state index >= 15 is 0 Å². The summed E-state index contributed by atoms with van der Waals surface area (Å²) < 4.78 is 11.6. The van der Waals surface area contributed by atoms with Crippen LogP contribution in [-0.4, -0.2) is 41.2 Å². The first-order chi connectivity index (χ1) is 11.6. The highest BCUT2D eigenvalue weighted by Gasteiger charge is 2.31. The van der Waals surface area contributed by atoms with Gasteiger partial charge in [0.25, 0.3) is 5.91 Å². The summed E-state index contributed by atoms with van der Waals surface area (Å²) >= 11 is 0. The lowest BCUT2D eigenvalue weighted by atomic mass is 10.1. The Morgan fingerprint density at radius 3 is 3.00 bits per heavy atom. The van der Waals surface area contributed by atoms with Gasteiger partial charge in [0.1, 0.15) is 0 Å². The second kappa shape index (κ2) is 6.06. The molecule has 0 saturated carbocycles. The SMILES string of the molecule is Cc1ccc2nc3c(cc2c1)CN(CC1CCCO1)C(=O)C(C)O3.